The molecule has 1 saturated carbocycles. The summed E-state index contributed by atoms with van der Waals surface area (Å²) in [6.07, 6.45) is 6.05. The first-order valence-corrected chi connectivity index (χ1v) is 14.7. The van der Waals surface area contributed by atoms with E-state index in [2.05, 4.69) is 5.32 Å². The normalized spacial score (nSPS) is 15.2. The van der Waals surface area contributed by atoms with Gasteiger partial charge in [-0.1, -0.05) is 84.4 Å². The zero-order valence-electron chi connectivity index (χ0n) is 20.2. The number of rotatable bonds is 9. The van der Waals surface area contributed by atoms with Gasteiger partial charge >= 0.3 is 0 Å². The number of amides is 2. The Morgan fingerprint density at radius 1 is 1.00 bits per heavy atom. The van der Waals surface area contributed by atoms with Crippen molar-refractivity contribution in [3.8, 4) is 0 Å². The van der Waals surface area contributed by atoms with E-state index in [9.17, 15) is 18.0 Å². The molecule has 0 saturated heterocycles. The van der Waals surface area contributed by atoms with Gasteiger partial charge in [-0.15, -0.1) is 0 Å². The largest absolute Gasteiger partial charge is 0.352 e. The summed E-state index contributed by atoms with van der Waals surface area (Å²) in [5.74, 6) is -0.831. The van der Waals surface area contributed by atoms with E-state index in [1.807, 2.05) is 30.3 Å². The summed E-state index contributed by atoms with van der Waals surface area (Å²) in [6.45, 7) is 1.21. The van der Waals surface area contributed by atoms with E-state index < -0.39 is 28.5 Å². The molecule has 0 heterocycles. The van der Waals surface area contributed by atoms with Gasteiger partial charge in [0.1, 0.15) is 12.6 Å². The van der Waals surface area contributed by atoms with E-state index in [0.29, 0.717) is 0 Å². The maximum Gasteiger partial charge on any atom is 0.244 e. The Kier molecular flexibility index (Phi) is 9.92. The second-order valence-corrected chi connectivity index (χ2v) is 12.1. The minimum absolute atomic E-state index is 0.0281. The lowest BCUT2D eigenvalue weighted by molar-refractivity contribution is -0.139. The first kappa shape index (κ1) is 28.6. The van der Waals surface area contributed by atoms with Gasteiger partial charge in [0.05, 0.1) is 27.0 Å². The van der Waals surface area contributed by atoms with Crippen LogP contribution in [0.4, 0.5) is 5.69 Å². The highest BCUT2D eigenvalue weighted by Crippen LogP contribution is 2.35. The molecule has 7 nitrogen and oxygen atoms in total. The predicted octanol–water partition coefficient (Wildman–Crippen LogP) is 5.28. The van der Waals surface area contributed by atoms with E-state index >= 15 is 0 Å². The monoisotopic (exact) mass is 573 g/mol. The second kappa shape index (κ2) is 12.5. The van der Waals surface area contributed by atoms with Gasteiger partial charge in [0.25, 0.3) is 0 Å². The van der Waals surface area contributed by atoms with Gasteiger partial charge in [-0.3, -0.25) is 13.9 Å². The summed E-state index contributed by atoms with van der Waals surface area (Å²) in [6, 6.07) is 11.1. The van der Waals surface area contributed by atoms with Gasteiger partial charge < -0.3 is 10.2 Å². The van der Waals surface area contributed by atoms with E-state index in [1.54, 1.807) is 6.92 Å². The van der Waals surface area contributed by atoms with Crippen LogP contribution in [0.2, 0.25) is 15.1 Å². The van der Waals surface area contributed by atoms with Crippen LogP contribution in [0.1, 0.15) is 44.6 Å². The molecule has 11 heteroatoms. The quantitative estimate of drug-likeness (QED) is 0.413. The van der Waals surface area contributed by atoms with Crippen LogP contribution >= 0.6 is 34.8 Å². The van der Waals surface area contributed by atoms with E-state index in [0.717, 1.165) is 48.2 Å². The van der Waals surface area contributed by atoms with Gasteiger partial charge in [-0.05, 0) is 37.5 Å². The number of nitrogens with zero attached hydrogens (tertiary/aromatic N) is 2. The fraction of sp³-hybridized carbons (Fsp3) is 0.440. The average molecular weight is 575 g/mol. The van der Waals surface area contributed by atoms with Crippen LogP contribution in [0.5, 0.6) is 0 Å². The predicted molar refractivity (Wildman–Crippen MR) is 145 cm³/mol. The topological polar surface area (TPSA) is 86.8 Å². The fourth-order valence-electron chi connectivity index (χ4n) is 4.23. The van der Waals surface area contributed by atoms with Crippen LogP contribution in [0.15, 0.2) is 42.5 Å². The Morgan fingerprint density at radius 2 is 1.61 bits per heavy atom. The minimum atomic E-state index is -3.94. The molecule has 0 aliphatic heterocycles. The van der Waals surface area contributed by atoms with E-state index in [-0.39, 0.29) is 39.2 Å². The molecule has 3 rings (SSSR count). The highest BCUT2D eigenvalue weighted by atomic mass is 35.5. The summed E-state index contributed by atoms with van der Waals surface area (Å²) in [5.41, 5.74) is 0.836. The molecule has 2 aromatic rings. The Hall–Kier alpha value is -2.00. The molecule has 0 unspecified atom stereocenters. The number of hydrogen-bond donors (Lipinski definition) is 1. The van der Waals surface area contributed by atoms with Crippen molar-refractivity contribution in [1.29, 1.82) is 0 Å². The molecule has 0 bridgehead atoms. The van der Waals surface area contributed by atoms with E-state index in [4.69, 9.17) is 34.8 Å². The number of halogens is 3. The minimum Gasteiger partial charge on any atom is -0.352 e. The maximum atomic E-state index is 13.6. The van der Waals surface area contributed by atoms with Crippen molar-refractivity contribution >= 4 is 62.3 Å². The van der Waals surface area contributed by atoms with Gasteiger partial charge in [0, 0.05) is 12.6 Å². The summed E-state index contributed by atoms with van der Waals surface area (Å²) in [5, 5.41) is 3.34. The Balaban J connectivity index is 1.90. The molecular weight excluding hydrogens is 545 g/mol. The SMILES string of the molecule is C[C@@H](C(=O)NC1CCCCC1)N(Cc1ccccc1)C(=O)CN(c1cc(Cl)c(Cl)cc1Cl)S(C)(=O)=O. The molecule has 36 heavy (non-hydrogen) atoms. The third-order valence-electron chi connectivity index (χ3n) is 6.25. The summed E-state index contributed by atoms with van der Waals surface area (Å²) in [4.78, 5) is 28.1. The molecule has 2 aromatic carbocycles. The number of anilines is 1. The van der Waals surface area contributed by atoms with Crippen LogP contribution in [0.3, 0.4) is 0 Å². The zero-order chi connectivity index (χ0) is 26.5. The van der Waals surface area contributed by atoms with Crippen molar-refractivity contribution in [3.63, 3.8) is 0 Å². The number of carbonyl (C=O) groups excluding carboxylic acids is 2. The molecule has 2 amide bonds. The van der Waals surface area contributed by atoms with Gasteiger partial charge in [0.2, 0.25) is 21.8 Å². The summed E-state index contributed by atoms with van der Waals surface area (Å²) >= 11 is 18.4. The highest BCUT2D eigenvalue weighted by Gasteiger charge is 2.32. The molecule has 196 valence electrons. The number of carbonyl (C=O) groups is 2. The smallest absolute Gasteiger partial charge is 0.244 e. The molecule has 1 atom stereocenters. The number of nitrogens with one attached hydrogen (secondary N) is 1. The molecular formula is C25H30Cl3N3O4S. The van der Waals surface area contributed by atoms with Crippen molar-refractivity contribution in [2.75, 3.05) is 17.1 Å². The lowest BCUT2D eigenvalue weighted by Crippen LogP contribution is -2.53. The first-order chi connectivity index (χ1) is 17.0. The number of benzene rings is 2. The fourth-order valence-corrected chi connectivity index (χ4v) is 5.78. The molecule has 0 radical (unpaired) electrons. The van der Waals surface area contributed by atoms with Gasteiger partial charge in [-0.25, -0.2) is 8.42 Å². The van der Waals surface area contributed by atoms with Crippen molar-refractivity contribution in [2.45, 2.75) is 57.7 Å². The molecule has 1 aliphatic carbocycles. The van der Waals surface area contributed by atoms with Crippen molar-refractivity contribution in [2.24, 2.45) is 0 Å². The molecule has 0 aromatic heterocycles. The van der Waals surface area contributed by atoms with Crippen LogP contribution in [-0.2, 0) is 26.2 Å². The maximum absolute atomic E-state index is 13.6. The Bertz CT molecular complexity index is 1190. The second-order valence-electron chi connectivity index (χ2n) is 9.01. The average Bonchev–Trinajstić information content (AvgIpc) is 2.83. The van der Waals surface area contributed by atoms with Crippen LogP contribution in [0, 0.1) is 0 Å². The van der Waals surface area contributed by atoms with Gasteiger partial charge in [-0.2, -0.15) is 0 Å². The lowest BCUT2D eigenvalue weighted by Gasteiger charge is -2.33. The Morgan fingerprint density at radius 3 is 2.22 bits per heavy atom. The summed E-state index contributed by atoms with van der Waals surface area (Å²) in [7, 11) is -3.94. The molecule has 0 spiro atoms. The van der Waals surface area contributed by atoms with Crippen molar-refractivity contribution < 1.29 is 18.0 Å². The standard InChI is InChI=1S/C25H30Cl3N3O4S/c1-17(25(33)29-19-11-7-4-8-12-19)30(15-18-9-5-3-6-10-18)24(32)16-31(36(2,34)35)23-14-21(27)20(26)13-22(23)28/h3,5-6,9-10,13-14,17,19H,4,7-8,11-12,15-16H2,1-2H3,(H,29,33)/t17-/m0/s1. The third kappa shape index (κ3) is 7.51. The van der Waals surface area contributed by atoms with Crippen molar-refractivity contribution in [3.05, 3.63) is 63.1 Å². The van der Waals surface area contributed by atoms with Gasteiger partial charge in [0.15, 0.2) is 0 Å². The Labute approximate surface area is 227 Å². The van der Waals surface area contributed by atoms with Crippen LogP contribution in [-0.4, -0.2) is 50.0 Å². The van der Waals surface area contributed by atoms with Crippen LogP contribution < -0.4 is 9.62 Å². The molecule has 1 aliphatic rings. The zero-order valence-corrected chi connectivity index (χ0v) is 23.3. The summed E-state index contributed by atoms with van der Waals surface area (Å²) < 4.78 is 26.3. The first-order valence-electron chi connectivity index (χ1n) is 11.7. The van der Waals surface area contributed by atoms with E-state index in [1.165, 1.54) is 17.0 Å². The lowest BCUT2D eigenvalue weighted by atomic mass is 9.95. The highest BCUT2D eigenvalue weighted by molar-refractivity contribution is 7.92. The molecule has 1 N–H and O–H groups in total. The van der Waals surface area contributed by atoms with Crippen molar-refractivity contribution in [1.82, 2.24) is 10.2 Å². The number of hydrogen-bond acceptors (Lipinski definition) is 4. The number of sulfonamides is 1. The molecule has 1 fully saturated rings. The third-order valence-corrected chi connectivity index (χ3v) is 8.40. The van der Waals surface area contributed by atoms with Crippen LogP contribution in [0.25, 0.3) is 0 Å².